The summed E-state index contributed by atoms with van der Waals surface area (Å²) in [6, 6.07) is 38.0. The van der Waals surface area contributed by atoms with Crippen molar-refractivity contribution in [2.75, 3.05) is 158 Å². The van der Waals surface area contributed by atoms with E-state index >= 15 is 0 Å². The number of hydrogen-bond acceptors (Lipinski definition) is 25. The third-order valence-electron chi connectivity index (χ3n) is 26.8. The monoisotopic (exact) mass is 1930 g/mol. The molecular weight excluding hydrogens is 1820 g/mol. The lowest BCUT2D eigenvalue weighted by Crippen LogP contribution is -2.47. The van der Waals surface area contributed by atoms with Gasteiger partial charge in [-0.15, -0.1) is 0 Å². The summed E-state index contributed by atoms with van der Waals surface area (Å²) in [4.78, 5) is 79.5. The number of fused-ring (bicyclic) bond motifs is 4. The molecule has 4 fully saturated rings. The number of nitro benzene ring substituents is 2. The van der Waals surface area contributed by atoms with Crippen molar-refractivity contribution in [2.24, 2.45) is 27.0 Å². The van der Waals surface area contributed by atoms with Crippen LogP contribution in [0.3, 0.4) is 0 Å². The highest BCUT2D eigenvalue weighted by molar-refractivity contribution is 8.00. The molecule has 0 unspecified atom stereocenters. The number of nitrogens with one attached hydrogen (secondary N) is 4. The second-order valence-corrected chi connectivity index (χ2v) is 47.2. The molecule has 10 heterocycles. The molecule has 0 radical (unpaired) electrons. The van der Waals surface area contributed by atoms with Crippen LogP contribution in [0.2, 0.25) is 10.0 Å². The number of nitro groups is 2. The number of anilines is 2. The number of sulfonamides is 2. The number of amides is 2. The van der Waals surface area contributed by atoms with Gasteiger partial charge in [-0.3, -0.25) is 43.8 Å². The lowest BCUT2D eigenvalue weighted by Gasteiger charge is -2.39. The van der Waals surface area contributed by atoms with Crippen LogP contribution in [0.25, 0.3) is 33.2 Å². The van der Waals surface area contributed by atoms with Crippen molar-refractivity contribution in [1.29, 1.82) is 0 Å². The van der Waals surface area contributed by atoms with Crippen LogP contribution in [0.1, 0.15) is 109 Å². The van der Waals surface area contributed by atoms with Crippen molar-refractivity contribution in [2.45, 2.75) is 88.9 Å². The zero-order chi connectivity index (χ0) is 93.5. The van der Waals surface area contributed by atoms with E-state index in [9.17, 15) is 55.1 Å². The van der Waals surface area contributed by atoms with Crippen molar-refractivity contribution in [3.05, 3.63) is 233 Å². The molecule has 37 heteroatoms. The molecule has 4 N–H and O–H groups in total. The van der Waals surface area contributed by atoms with Gasteiger partial charge in [0.2, 0.25) is 0 Å². The number of hydrogen-bond donors (Lipinski definition) is 4. The Morgan fingerprint density at radius 1 is 0.549 bits per heavy atom. The number of carbonyl (C=O) groups is 2. The van der Waals surface area contributed by atoms with Gasteiger partial charge in [0.25, 0.3) is 43.2 Å². The SMILES string of the molecule is C=S1(=O)CCN(C[C@H]2COc3cc(S(=O)(=O)NC(=O)c4ccc(N5CCN(CC6=C(c7ccc(Cl)cc7)CC(C)(C)CC6)CC5)cc4Oc4cnc5[nH]ccc5c4)cc([N+](=O)[O-])c3C2)CC1.CN=S1(=O)CCN(C[C@H]2COc3cc(S(=O)(=O)NC(=O)c4ccc(N5CCN(CC6=C(c7ccc(Cl)cc7)CC(C)(C)CC6)CC5)cc4Oc4cnc5[nH]ccc5c4)cc([N+](=O)[O-])c3C2)CC1. The number of H-pyrrole nitrogens is 2. The maximum absolute atomic E-state index is 14.1. The predicted octanol–water partition coefficient (Wildman–Crippen LogP) is 15.2. The van der Waals surface area contributed by atoms with Gasteiger partial charge in [0.15, 0.2) is 0 Å². The number of ether oxygens (including phenoxy) is 4. The summed E-state index contributed by atoms with van der Waals surface area (Å²) < 4.78 is 114. The number of halogens is 2. The summed E-state index contributed by atoms with van der Waals surface area (Å²) in [5, 5.41) is 27.8. The third kappa shape index (κ3) is 22.2. The summed E-state index contributed by atoms with van der Waals surface area (Å²) in [6.45, 7) is 21.1. The van der Waals surface area contributed by atoms with E-state index in [0.717, 1.165) is 122 Å². The maximum atomic E-state index is 14.1. The number of piperazine rings is 2. The molecule has 4 aromatic heterocycles. The lowest BCUT2D eigenvalue weighted by atomic mass is 9.72. The average molecular weight is 1930 g/mol. The zero-order valence-electron chi connectivity index (χ0n) is 74.9. The number of pyridine rings is 2. The molecule has 0 spiro atoms. The first-order valence-corrected chi connectivity index (χ1v) is 52.4. The first-order chi connectivity index (χ1) is 63.5. The van der Waals surface area contributed by atoms with Crippen LogP contribution in [-0.4, -0.2) is 240 Å². The van der Waals surface area contributed by atoms with E-state index in [1.165, 1.54) is 70.1 Å². The first-order valence-electron chi connectivity index (χ1n) is 44.8. The van der Waals surface area contributed by atoms with E-state index < -0.39 is 82.1 Å². The van der Waals surface area contributed by atoms with Crippen LogP contribution >= 0.6 is 23.2 Å². The van der Waals surface area contributed by atoms with Crippen LogP contribution in [0, 0.1) is 42.9 Å². The van der Waals surface area contributed by atoms with Crippen LogP contribution in [0.4, 0.5) is 22.7 Å². The smallest absolute Gasteiger partial charge is 0.277 e. The largest absolute Gasteiger partial charge is 0.493 e. The fourth-order valence-corrected chi connectivity index (χ4v) is 24.4. The van der Waals surface area contributed by atoms with E-state index in [0.29, 0.717) is 118 Å². The number of benzene rings is 6. The average Bonchev–Trinajstić information content (AvgIpc) is 1.60. The third-order valence-corrected chi connectivity index (χ3v) is 34.1. The summed E-state index contributed by atoms with van der Waals surface area (Å²) in [6.07, 6.45) is 13.5. The summed E-state index contributed by atoms with van der Waals surface area (Å²) >= 11 is 12.5. The van der Waals surface area contributed by atoms with Crippen molar-refractivity contribution in [3.8, 4) is 34.5 Å². The molecular formula is C96H109Cl2N15O16S4. The summed E-state index contributed by atoms with van der Waals surface area (Å²) in [5.74, 6) is 4.60. The van der Waals surface area contributed by atoms with E-state index in [2.05, 4.69) is 121 Å². The van der Waals surface area contributed by atoms with Crippen molar-refractivity contribution in [1.82, 2.24) is 49.0 Å². The van der Waals surface area contributed by atoms with Gasteiger partial charge in [-0.1, -0.05) is 86.3 Å². The van der Waals surface area contributed by atoms with Crippen LogP contribution in [-0.2, 0) is 52.1 Å². The van der Waals surface area contributed by atoms with Crippen molar-refractivity contribution >= 4 is 136 Å². The minimum absolute atomic E-state index is 0.0593. The molecule has 2 atom stereocenters. The number of rotatable bonds is 24. The van der Waals surface area contributed by atoms with Gasteiger partial charge < -0.3 is 48.5 Å². The fraction of sp³-hybridized carbons (Fsp3) is 0.406. The van der Waals surface area contributed by atoms with E-state index in [-0.39, 0.29) is 87.6 Å². The molecule has 4 saturated heterocycles. The minimum atomic E-state index is -4.66. The Balaban J connectivity index is 0.000000185. The van der Waals surface area contributed by atoms with Gasteiger partial charge >= 0.3 is 0 Å². The number of aromatic nitrogens is 4. The Morgan fingerprint density at radius 2 is 0.947 bits per heavy atom. The zero-order valence-corrected chi connectivity index (χ0v) is 79.7. The molecule has 18 rings (SSSR count). The molecule has 31 nitrogen and oxygen atoms in total. The molecule has 2 aliphatic carbocycles. The molecule has 0 bridgehead atoms. The second-order valence-electron chi connectivity index (χ2n) is 37.4. The molecule has 0 saturated carbocycles. The highest BCUT2D eigenvalue weighted by Crippen LogP contribution is 2.47. The Bertz CT molecular complexity index is 6720. The number of nitrogens with zero attached hydrogens (tertiary/aromatic N) is 11. The van der Waals surface area contributed by atoms with E-state index in [1.807, 2.05) is 36.4 Å². The topological polar surface area (TPSA) is 373 Å². The molecule has 10 aromatic rings. The summed E-state index contributed by atoms with van der Waals surface area (Å²) in [7, 11) is -12.0. The molecule has 2 amide bonds. The predicted molar refractivity (Wildman–Crippen MR) is 520 cm³/mol. The first kappa shape index (κ1) is 93.8. The molecule has 702 valence electrons. The maximum Gasteiger partial charge on any atom is 0.277 e. The Morgan fingerprint density at radius 3 is 1.34 bits per heavy atom. The van der Waals surface area contributed by atoms with Crippen LogP contribution < -0.4 is 38.2 Å². The van der Waals surface area contributed by atoms with E-state index in [1.54, 1.807) is 55.8 Å². The van der Waals surface area contributed by atoms with Gasteiger partial charge in [-0.05, 0) is 173 Å². The molecule has 6 aromatic carbocycles. The number of aromatic amines is 2. The Kier molecular flexibility index (Phi) is 27.3. The molecule has 133 heavy (non-hydrogen) atoms. The summed E-state index contributed by atoms with van der Waals surface area (Å²) in [5.41, 5.74) is 11.1. The van der Waals surface area contributed by atoms with Gasteiger partial charge in [-0.25, -0.2) is 44.8 Å². The van der Waals surface area contributed by atoms with Gasteiger partial charge in [0, 0.05) is 237 Å². The molecule has 6 aliphatic heterocycles. The Hall–Kier alpha value is -11.0. The highest BCUT2D eigenvalue weighted by atomic mass is 35.5. The highest BCUT2D eigenvalue weighted by Gasteiger charge is 2.39. The fourth-order valence-electron chi connectivity index (χ4n) is 19.1. The standard InChI is InChI=1S/C48H55ClN8O8S2.C48H54ClN7O8S2/c1-48(2)12-10-35(42(27-48)33-4-6-36(49)7-5-33)30-54-14-16-56(17-15-54)37-8-9-40(45(24-37)65-38-23-34-11-13-51-46(34)52-28-38)47(58)53-67(62,63)39-25-43(57(59)60)41-22-32(31-64-44(41)26-39)29-55-18-20-66(61,50-3)21-19-55;1-48(2)12-10-35(42(27-48)33-4-6-36(49)7-5-33)30-53-14-16-55(17-15-53)37-8-9-40(45(24-37)64-38-23-34-11-13-50-46(34)51-28-38)47(57)52-66(61,62)39-25-43(56(58)59)41-22-32(31-63-44(41)26-39)29-54-18-20-65(3,60)21-19-54/h4-9,11,13,23-26,28,32H,10,12,14-22,27,29-31H2,1-3H3,(H,51,52)(H,53,58);4-9,11,13,23-26,28,32H,3,10,12,14-22,27,29-31H2,1-2H3,(H,50,51)(H,52,57)/t2*32-/m00/s1. The van der Waals surface area contributed by atoms with Crippen molar-refractivity contribution in [3.63, 3.8) is 0 Å². The van der Waals surface area contributed by atoms with Gasteiger partial charge in [-0.2, -0.15) is 0 Å². The Labute approximate surface area is 784 Å². The quantitative estimate of drug-likeness (QED) is 0.0248. The van der Waals surface area contributed by atoms with Gasteiger partial charge in [0.1, 0.15) is 45.8 Å². The number of carbonyl (C=O) groups excluding carboxylic acids is 2. The normalized spacial score (nSPS) is 20.0. The minimum Gasteiger partial charge on any atom is -0.493 e. The van der Waals surface area contributed by atoms with Crippen LogP contribution in [0.15, 0.2) is 184 Å². The number of allylic oxidation sites excluding steroid dienone is 2. The van der Waals surface area contributed by atoms with E-state index in [4.69, 9.17) is 42.1 Å². The second kappa shape index (κ2) is 38.8. The molecule has 8 aliphatic rings. The lowest BCUT2D eigenvalue weighted by molar-refractivity contribution is -0.386. The van der Waals surface area contributed by atoms with Crippen LogP contribution in [0.5, 0.6) is 34.5 Å². The van der Waals surface area contributed by atoms with Gasteiger partial charge in [0.05, 0.1) is 67.5 Å². The van der Waals surface area contributed by atoms with Crippen molar-refractivity contribution < 1.29 is 63.6 Å².